The van der Waals surface area contributed by atoms with Crippen LogP contribution in [0, 0.1) is 0 Å². The molecule has 0 saturated carbocycles. The van der Waals surface area contributed by atoms with Gasteiger partial charge in [0, 0.05) is 12.7 Å². The van der Waals surface area contributed by atoms with Crippen molar-refractivity contribution in [3.05, 3.63) is 28.8 Å². The second-order valence-electron chi connectivity index (χ2n) is 6.91. The number of benzene rings is 1. The van der Waals surface area contributed by atoms with Gasteiger partial charge in [-0.05, 0) is 6.07 Å². The van der Waals surface area contributed by atoms with E-state index in [9.17, 15) is 20.4 Å². The Morgan fingerprint density at radius 2 is 1.89 bits per heavy atom. The highest BCUT2D eigenvalue weighted by molar-refractivity contribution is 6.33. The van der Waals surface area contributed by atoms with Gasteiger partial charge in [-0.2, -0.15) is 4.89 Å². The molecule has 1 spiro atoms. The minimum absolute atomic E-state index is 0.116. The number of ether oxygens (including phenoxy) is 4. The van der Waals surface area contributed by atoms with Crippen molar-refractivity contribution in [3.63, 3.8) is 0 Å². The fourth-order valence-corrected chi connectivity index (χ4v) is 3.82. The van der Waals surface area contributed by atoms with E-state index in [2.05, 4.69) is 0 Å². The molecule has 0 bridgehead atoms. The van der Waals surface area contributed by atoms with Gasteiger partial charge in [0.15, 0.2) is 0 Å². The molecule has 6 unspecified atom stereocenters. The van der Waals surface area contributed by atoms with Crippen molar-refractivity contribution < 1.29 is 49.1 Å². The van der Waals surface area contributed by atoms with Gasteiger partial charge in [-0.3, -0.25) is 0 Å². The van der Waals surface area contributed by atoms with E-state index in [1.807, 2.05) is 0 Å². The summed E-state index contributed by atoms with van der Waals surface area (Å²) in [5, 5.41) is 39.4. The molecule has 3 fully saturated rings. The number of aliphatic hydroxyl groups excluding tert-OH is 4. The van der Waals surface area contributed by atoms with Gasteiger partial charge in [-0.1, -0.05) is 23.7 Å². The maximum absolute atomic E-state index is 10.2. The van der Waals surface area contributed by atoms with Crippen LogP contribution in [0.25, 0.3) is 0 Å². The lowest BCUT2D eigenvalue weighted by Gasteiger charge is -2.58. The van der Waals surface area contributed by atoms with Gasteiger partial charge >= 0.3 is 0 Å². The van der Waals surface area contributed by atoms with Crippen molar-refractivity contribution in [1.82, 2.24) is 0 Å². The van der Waals surface area contributed by atoms with Crippen LogP contribution in [-0.2, 0) is 29.8 Å². The molecule has 0 aliphatic carbocycles. The summed E-state index contributed by atoms with van der Waals surface area (Å²) in [5.41, 5.74) is -0.402. The molecule has 3 aliphatic rings. The summed E-state index contributed by atoms with van der Waals surface area (Å²) in [6.07, 6.45) is -7.10. The van der Waals surface area contributed by atoms with E-state index >= 15 is 0 Å². The van der Waals surface area contributed by atoms with Crippen LogP contribution in [0.3, 0.4) is 0 Å². The summed E-state index contributed by atoms with van der Waals surface area (Å²) in [4.78, 5) is 10.5. The summed E-state index contributed by atoms with van der Waals surface area (Å²) >= 11 is 6.52. The van der Waals surface area contributed by atoms with E-state index in [1.165, 1.54) is 13.2 Å². The van der Waals surface area contributed by atoms with Crippen molar-refractivity contribution in [3.8, 4) is 5.75 Å². The van der Waals surface area contributed by atoms with E-state index in [4.69, 9.17) is 40.3 Å². The van der Waals surface area contributed by atoms with Crippen LogP contribution in [0.2, 0.25) is 5.02 Å². The first kappa shape index (κ1) is 20.2. The third-order valence-corrected chi connectivity index (χ3v) is 5.68. The Hall–Kier alpha value is -1.05. The lowest BCUT2D eigenvalue weighted by Crippen LogP contribution is -2.75. The van der Waals surface area contributed by atoms with Gasteiger partial charge in [-0.25, -0.2) is 4.89 Å². The van der Waals surface area contributed by atoms with Crippen molar-refractivity contribution in [1.29, 1.82) is 0 Å². The zero-order valence-electron chi connectivity index (χ0n) is 14.9. The number of rotatable bonds is 5. The predicted octanol–water partition coefficient (Wildman–Crippen LogP) is -0.951. The lowest BCUT2D eigenvalue weighted by molar-refractivity contribution is -0.644. The molecule has 1 aromatic rings. The minimum atomic E-state index is -1.57. The number of halogens is 1. The third-order valence-electron chi connectivity index (χ3n) is 5.29. The van der Waals surface area contributed by atoms with Crippen LogP contribution in [0.1, 0.15) is 5.56 Å². The Kier molecular flexibility index (Phi) is 5.30. The van der Waals surface area contributed by atoms with Gasteiger partial charge in [0.05, 0.1) is 24.8 Å². The lowest BCUT2D eigenvalue weighted by atomic mass is 9.83. The molecule has 0 radical (unpaired) electrons. The summed E-state index contributed by atoms with van der Waals surface area (Å²) in [5.74, 6) is -1.18. The maximum Gasteiger partial charge on any atom is 0.266 e. The van der Waals surface area contributed by atoms with Crippen molar-refractivity contribution in [2.75, 3.05) is 26.9 Å². The molecule has 4 N–H and O–H groups in total. The molecular formula is C17H21ClO10. The number of hydrogen-bond acceptors (Lipinski definition) is 10. The predicted molar refractivity (Wildman–Crippen MR) is 90.3 cm³/mol. The van der Waals surface area contributed by atoms with Gasteiger partial charge in [-0.15, -0.1) is 0 Å². The van der Waals surface area contributed by atoms with Crippen molar-refractivity contribution in [2.45, 2.75) is 42.1 Å². The zero-order chi connectivity index (χ0) is 20.1. The number of hydrogen-bond donors (Lipinski definition) is 4. The van der Waals surface area contributed by atoms with E-state index in [-0.39, 0.29) is 24.0 Å². The maximum atomic E-state index is 10.2. The van der Waals surface area contributed by atoms with E-state index < -0.39 is 48.7 Å². The summed E-state index contributed by atoms with van der Waals surface area (Å²) in [6, 6.07) is 4.84. The average Bonchev–Trinajstić information content (AvgIpc) is 2.63. The van der Waals surface area contributed by atoms with Gasteiger partial charge in [0.25, 0.3) is 5.79 Å². The molecule has 4 rings (SSSR count). The second kappa shape index (κ2) is 7.33. The first-order valence-electron chi connectivity index (χ1n) is 8.65. The molecule has 28 heavy (non-hydrogen) atoms. The molecule has 3 aliphatic heterocycles. The van der Waals surface area contributed by atoms with Crippen molar-refractivity contribution in [2.24, 2.45) is 0 Å². The Balaban J connectivity index is 1.61. The molecule has 11 heteroatoms. The molecule has 6 atom stereocenters. The molecular weight excluding hydrogens is 400 g/mol. The molecule has 3 heterocycles. The van der Waals surface area contributed by atoms with E-state index in [1.54, 1.807) is 12.1 Å². The van der Waals surface area contributed by atoms with Crippen LogP contribution in [-0.4, -0.2) is 83.7 Å². The Morgan fingerprint density at radius 1 is 1.14 bits per heavy atom. The Bertz CT molecular complexity index is 716. The fourth-order valence-electron chi connectivity index (χ4n) is 3.53. The highest BCUT2D eigenvalue weighted by Gasteiger charge is 2.71. The van der Waals surface area contributed by atoms with Crippen LogP contribution < -0.4 is 4.74 Å². The fraction of sp³-hybridized carbons (Fsp3) is 0.647. The topological polar surface area (TPSA) is 136 Å². The van der Waals surface area contributed by atoms with Crippen LogP contribution in [0.5, 0.6) is 5.75 Å². The van der Waals surface area contributed by atoms with Crippen LogP contribution in [0.15, 0.2) is 18.2 Å². The molecule has 3 saturated heterocycles. The Morgan fingerprint density at radius 3 is 2.43 bits per heavy atom. The number of aliphatic hydroxyl groups is 4. The number of methoxy groups -OCH3 is 1. The highest BCUT2D eigenvalue weighted by Crippen LogP contribution is 2.55. The SMILES string of the molecule is COC1(c2cccc(OC3OC(CO)C(O)C(O)C3O)c2Cl)OOC12COC2. The van der Waals surface area contributed by atoms with Crippen molar-refractivity contribution >= 4 is 11.6 Å². The molecule has 0 amide bonds. The minimum Gasteiger partial charge on any atom is -0.460 e. The second-order valence-corrected chi connectivity index (χ2v) is 7.29. The summed E-state index contributed by atoms with van der Waals surface area (Å²) in [6.45, 7) is -0.0526. The van der Waals surface area contributed by atoms with Crippen LogP contribution >= 0.6 is 11.6 Å². The van der Waals surface area contributed by atoms with Crippen LogP contribution in [0.4, 0.5) is 0 Å². The summed E-state index contributed by atoms with van der Waals surface area (Å²) < 4.78 is 21.8. The molecule has 156 valence electrons. The van der Waals surface area contributed by atoms with E-state index in [0.29, 0.717) is 5.56 Å². The average molecular weight is 421 g/mol. The summed E-state index contributed by atoms with van der Waals surface area (Å²) in [7, 11) is 1.45. The zero-order valence-corrected chi connectivity index (χ0v) is 15.6. The molecule has 10 nitrogen and oxygen atoms in total. The first-order chi connectivity index (χ1) is 13.4. The standard InChI is InChI=1S/C17H21ClO10/c1-23-17(16(27-28-17)6-24-7-16)8-3-2-4-9(11(8)18)25-15-14(22)13(21)12(20)10(5-19)26-15/h2-4,10,12-15,19-22H,5-7H2,1H3. The first-order valence-corrected chi connectivity index (χ1v) is 9.03. The van der Waals surface area contributed by atoms with Gasteiger partial charge in [0.2, 0.25) is 11.9 Å². The highest BCUT2D eigenvalue weighted by atomic mass is 35.5. The normalized spacial score (nSPS) is 39.3. The molecule has 0 aromatic heterocycles. The van der Waals surface area contributed by atoms with Gasteiger partial charge in [0.1, 0.15) is 30.2 Å². The Labute approximate surface area is 165 Å². The smallest absolute Gasteiger partial charge is 0.266 e. The van der Waals surface area contributed by atoms with Gasteiger partial charge < -0.3 is 39.4 Å². The third kappa shape index (κ3) is 2.76. The quantitative estimate of drug-likeness (QED) is 0.441. The molecule has 1 aromatic carbocycles. The monoisotopic (exact) mass is 420 g/mol. The largest absolute Gasteiger partial charge is 0.460 e. The van der Waals surface area contributed by atoms with E-state index in [0.717, 1.165) is 0 Å².